The zero-order chi connectivity index (χ0) is 20.1. The number of rotatable bonds is 2. The van der Waals surface area contributed by atoms with Gasteiger partial charge in [-0.25, -0.2) is 0 Å². The van der Waals surface area contributed by atoms with Gasteiger partial charge in [0.25, 0.3) is 0 Å². The molecular weight excluding hydrogens is 360 g/mol. The minimum Gasteiger partial charge on any atom is -0.469 e. The lowest BCUT2D eigenvalue weighted by atomic mass is 9.59. The van der Waals surface area contributed by atoms with E-state index in [1.165, 1.54) is 14.0 Å². The van der Waals surface area contributed by atoms with Crippen molar-refractivity contribution in [3.05, 3.63) is 24.3 Å². The number of hydrogen-bond acceptors (Lipinski definition) is 6. The van der Waals surface area contributed by atoms with Crippen LogP contribution >= 0.6 is 0 Å². The zero-order valence-electron chi connectivity index (χ0n) is 16.7. The summed E-state index contributed by atoms with van der Waals surface area (Å²) >= 11 is 0. The Morgan fingerprint density at radius 2 is 1.96 bits per heavy atom. The van der Waals surface area contributed by atoms with Crippen LogP contribution in [-0.4, -0.2) is 36.7 Å². The van der Waals surface area contributed by atoms with E-state index in [2.05, 4.69) is 19.1 Å². The SMILES string of the molecule is COC(=O)[C@H]1[C@H]2[C@@]3(C=C[C@H](OC(C)=O)[C@@]2(C)C(=O)O3)[C@@H]2CC[C@]3(C)C=C[C@@]21C3. The molecule has 6 nitrogen and oxygen atoms in total. The molecule has 28 heavy (non-hydrogen) atoms. The quantitative estimate of drug-likeness (QED) is 0.412. The van der Waals surface area contributed by atoms with Crippen LogP contribution in [-0.2, 0) is 28.6 Å². The van der Waals surface area contributed by atoms with Crippen LogP contribution in [0.3, 0.4) is 0 Å². The fraction of sp³-hybridized carbons (Fsp3) is 0.682. The Labute approximate surface area is 164 Å². The van der Waals surface area contributed by atoms with Crippen molar-refractivity contribution in [3.8, 4) is 0 Å². The van der Waals surface area contributed by atoms with Gasteiger partial charge in [-0.3, -0.25) is 14.4 Å². The normalized spacial score (nSPS) is 52.1. The minimum absolute atomic E-state index is 0.0150. The van der Waals surface area contributed by atoms with E-state index in [1.807, 2.05) is 6.08 Å². The van der Waals surface area contributed by atoms with Gasteiger partial charge >= 0.3 is 17.9 Å². The third kappa shape index (κ3) is 1.78. The zero-order valence-corrected chi connectivity index (χ0v) is 16.7. The number of allylic oxidation sites excluding steroid dienone is 2. The van der Waals surface area contributed by atoms with Crippen LogP contribution in [0.15, 0.2) is 24.3 Å². The van der Waals surface area contributed by atoms with Gasteiger partial charge in [0.15, 0.2) is 0 Å². The molecule has 1 heterocycles. The van der Waals surface area contributed by atoms with E-state index >= 15 is 0 Å². The molecule has 0 aromatic carbocycles. The molecular formula is C22H26O6. The van der Waals surface area contributed by atoms with Crippen molar-refractivity contribution in [2.24, 2.45) is 34.0 Å². The summed E-state index contributed by atoms with van der Waals surface area (Å²) in [4.78, 5) is 38.0. The first-order valence-corrected chi connectivity index (χ1v) is 10.0. The first-order valence-electron chi connectivity index (χ1n) is 10.0. The average Bonchev–Trinajstić information content (AvgIpc) is 3.10. The molecule has 5 aliphatic rings. The second-order valence-corrected chi connectivity index (χ2v) is 9.76. The van der Waals surface area contributed by atoms with E-state index in [1.54, 1.807) is 13.0 Å². The summed E-state index contributed by atoms with van der Waals surface area (Å²) in [5.41, 5.74) is -2.31. The Kier molecular flexibility index (Phi) is 3.26. The smallest absolute Gasteiger partial charge is 0.317 e. The molecule has 0 amide bonds. The predicted octanol–water partition coefficient (Wildman–Crippen LogP) is 2.57. The van der Waals surface area contributed by atoms with Crippen molar-refractivity contribution in [2.75, 3.05) is 7.11 Å². The molecule has 1 aliphatic heterocycles. The average molecular weight is 386 g/mol. The summed E-state index contributed by atoms with van der Waals surface area (Å²) in [7, 11) is 1.40. The largest absolute Gasteiger partial charge is 0.469 e. The van der Waals surface area contributed by atoms with Crippen molar-refractivity contribution in [3.63, 3.8) is 0 Å². The van der Waals surface area contributed by atoms with Gasteiger partial charge in [-0.05, 0) is 43.8 Å². The maximum Gasteiger partial charge on any atom is 0.317 e. The summed E-state index contributed by atoms with van der Waals surface area (Å²) < 4.78 is 16.9. The number of hydrogen-bond donors (Lipinski definition) is 0. The molecule has 150 valence electrons. The lowest BCUT2D eigenvalue weighted by molar-refractivity contribution is -0.166. The van der Waals surface area contributed by atoms with E-state index < -0.39 is 46.3 Å². The molecule has 0 N–H and O–H groups in total. The standard InChI is InChI=1S/C22H26O6/c1-12(23)27-14-6-8-22-13-5-7-19(2)9-10-21(13,11-19)15(17(24)26-4)16(22)20(14,3)18(25)28-22/h6,8-10,13-16H,5,7,11H2,1-4H3/t13-,14+,15-,16-,19-,20-,21-,22-/m1/s1. The molecule has 8 atom stereocenters. The summed E-state index contributed by atoms with van der Waals surface area (Å²) in [5, 5.41) is 0. The maximum absolute atomic E-state index is 13.2. The van der Waals surface area contributed by atoms with Gasteiger partial charge in [0.05, 0.1) is 13.0 Å². The molecule has 3 fully saturated rings. The number of fused-ring (bicyclic) bond motifs is 1. The van der Waals surface area contributed by atoms with Gasteiger partial charge in [0, 0.05) is 24.2 Å². The first kappa shape index (κ1) is 18.0. The van der Waals surface area contributed by atoms with Gasteiger partial charge in [0.2, 0.25) is 0 Å². The highest BCUT2D eigenvalue weighted by molar-refractivity contribution is 5.87. The number of ether oxygens (including phenoxy) is 3. The lowest BCUT2D eigenvalue weighted by Gasteiger charge is -2.45. The Morgan fingerprint density at radius 3 is 2.64 bits per heavy atom. The minimum atomic E-state index is -1.11. The van der Waals surface area contributed by atoms with Crippen molar-refractivity contribution in [1.82, 2.24) is 0 Å². The summed E-state index contributed by atoms with van der Waals surface area (Å²) in [6, 6.07) is 0. The van der Waals surface area contributed by atoms with Crippen molar-refractivity contribution < 1.29 is 28.6 Å². The number of methoxy groups -OCH3 is 1. The van der Waals surface area contributed by atoms with Crippen molar-refractivity contribution in [1.29, 1.82) is 0 Å². The Hall–Kier alpha value is -2.11. The van der Waals surface area contributed by atoms with E-state index in [9.17, 15) is 14.4 Å². The highest BCUT2D eigenvalue weighted by Gasteiger charge is 2.82. The summed E-state index contributed by atoms with van der Waals surface area (Å²) in [6.45, 7) is 5.34. The predicted molar refractivity (Wildman–Crippen MR) is 97.6 cm³/mol. The highest BCUT2D eigenvalue weighted by atomic mass is 16.6. The molecule has 0 aromatic rings. The van der Waals surface area contributed by atoms with Crippen molar-refractivity contribution in [2.45, 2.75) is 51.7 Å². The molecule has 2 saturated carbocycles. The van der Waals surface area contributed by atoms with E-state index in [0.29, 0.717) is 0 Å². The highest BCUT2D eigenvalue weighted by Crippen LogP contribution is 2.76. The molecule has 4 bridgehead atoms. The molecule has 6 heteroatoms. The van der Waals surface area contributed by atoms with E-state index in [0.717, 1.165) is 19.3 Å². The third-order valence-corrected chi connectivity index (χ3v) is 8.33. The molecule has 5 rings (SSSR count). The second-order valence-electron chi connectivity index (χ2n) is 9.76. The third-order valence-electron chi connectivity index (χ3n) is 8.33. The van der Waals surface area contributed by atoms with E-state index in [4.69, 9.17) is 14.2 Å². The molecule has 0 radical (unpaired) electrons. The van der Waals surface area contributed by atoms with Crippen LogP contribution in [0.5, 0.6) is 0 Å². The maximum atomic E-state index is 13.2. The fourth-order valence-electron chi connectivity index (χ4n) is 7.35. The fourth-order valence-corrected chi connectivity index (χ4v) is 7.35. The molecule has 1 spiro atoms. The monoisotopic (exact) mass is 386 g/mol. The molecule has 0 aromatic heterocycles. The number of carbonyl (C=O) groups excluding carboxylic acids is 3. The van der Waals surface area contributed by atoms with Gasteiger partial charge < -0.3 is 14.2 Å². The van der Waals surface area contributed by atoms with Gasteiger partial charge in [-0.2, -0.15) is 0 Å². The topological polar surface area (TPSA) is 78.9 Å². The van der Waals surface area contributed by atoms with Gasteiger partial charge in [-0.1, -0.05) is 19.1 Å². The van der Waals surface area contributed by atoms with Crippen LogP contribution in [0.4, 0.5) is 0 Å². The van der Waals surface area contributed by atoms with Crippen LogP contribution in [0.2, 0.25) is 0 Å². The molecule has 4 aliphatic carbocycles. The van der Waals surface area contributed by atoms with Crippen LogP contribution in [0.25, 0.3) is 0 Å². The van der Waals surface area contributed by atoms with E-state index in [-0.39, 0.29) is 17.3 Å². The molecule has 0 unspecified atom stereocenters. The lowest BCUT2D eigenvalue weighted by Crippen LogP contribution is -2.52. The summed E-state index contributed by atoms with van der Waals surface area (Å²) in [5.74, 6) is -2.09. The van der Waals surface area contributed by atoms with Gasteiger partial charge in [-0.15, -0.1) is 0 Å². The van der Waals surface area contributed by atoms with Crippen molar-refractivity contribution >= 4 is 17.9 Å². The van der Waals surface area contributed by atoms with Crippen LogP contribution in [0.1, 0.15) is 40.0 Å². The second kappa shape index (κ2) is 5.08. The van der Waals surface area contributed by atoms with Crippen LogP contribution in [0, 0.1) is 34.0 Å². The summed E-state index contributed by atoms with van der Waals surface area (Å²) in [6.07, 6.45) is 10.1. The Balaban J connectivity index is 1.73. The molecule has 1 saturated heterocycles. The Bertz CT molecular complexity index is 859. The van der Waals surface area contributed by atoms with Crippen LogP contribution < -0.4 is 0 Å². The van der Waals surface area contributed by atoms with Gasteiger partial charge in [0.1, 0.15) is 17.1 Å². The Morgan fingerprint density at radius 1 is 1.21 bits per heavy atom. The number of carbonyl (C=O) groups is 3. The first-order chi connectivity index (χ1) is 13.1. The number of esters is 3.